The molecule has 4 heterocycles. The van der Waals surface area contributed by atoms with E-state index in [-0.39, 0.29) is 42.5 Å². The number of aryl methyl sites for hydroxylation is 1. The van der Waals surface area contributed by atoms with Crippen LogP contribution in [-0.2, 0) is 0 Å². The Balaban J connectivity index is 0.00000153. The number of imidazole rings is 1. The second-order valence-corrected chi connectivity index (χ2v) is 8.63. The van der Waals surface area contributed by atoms with Gasteiger partial charge < -0.3 is 14.8 Å². The van der Waals surface area contributed by atoms with E-state index in [4.69, 9.17) is 0 Å². The minimum Gasteiger partial charge on any atom is -0.338 e. The Bertz CT molecular complexity index is 1130. The van der Waals surface area contributed by atoms with Crippen LogP contribution in [0.25, 0.3) is 11.0 Å². The van der Waals surface area contributed by atoms with E-state index in [1.807, 2.05) is 40.7 Å². The largest absolute Gasteiger partial charge is 0.338 e. The normalized spacial score (nSPS) is 18.0. The van der Waals surface area contributed by atoms with Crippen LogP contribution in [-0.4, -0.2) is 67.4 Å². The van der Waals surface area contributed by atoms with Gasteiger partial charge in [0, 0.05) is 50.7 Å². The van der Waals surface area contributed by atoms with Gasteiger partial charge in [0.25, 0.3) is 5.91 Å². The summed E-state index contributed by atoms with van der Waals surface area (Å²) < 4.78 is 1.94. The summed E-state index contributed by atoms with van der Waals surface area (Å²) in [6.07, 6.45) is 7.15. The van der Waals surface area contributed by atoms with Gasteiger partial charge in [0.05, 0.1) is 16.6 Å². The molecule has 0 aliphatic carbocycles. The third-order valence-electron chi connectivity index (χ3n) is 6.78. The van der Waals surface area contributed by atoms with Crippen LogP contribution in [0, 0.1) is 6.92 Å². The van der Waals surface area contributed by atoms with Crippen molar-refractivity contribution in [3.8, 4) is 0 Å². The first-order valence-electron chi connectivity index (χ1n) is 11.1. The smallest absolute Gasteiger partial charge is 0.326 e. The zero-order chi connectivity index (χ0) is 21.4. The number of carbonyl (C=O) groups is 1. The topological polar surface area (TPSA) is 87.1 Å². The fourth-order valence-corrected chi connectivity index (χ4v) is 5.07. The van der Waals surface area contributed by atoms with Gasteiger partial charge in [-0.05, 0) is 44.7 Å². The molecular formula is C23H30Cl2N6O2. The number of carbonyl (C=O) groups excluding carboxylic acids is 1. The lowest BCUT2D eigenvalue weighted by Gasteiger charge is -2.42. The predicted octanol–water partition coefficient (Wildman–Crippen LogP) is 3.21. The van der Waals surface area contributed by atoms with E-state index >= 15 is 0 Å². The average molecular weight is 493 g/mol. The van der Waals surface area contributed by atoms with Crippen LogP contribution in [0.4, 0.5) is 0 Å². The maximum Gasteiger partial charge on any atom is 0.326 e. The number of piperidine rings is 2. The van der Waals surface area contributed by atoms with E-state index in [0.29, 0.717) is 17.4 Å². The molecule has 2 saturated heterocycles. The van der Waals surface area contributed by atoms with E-state index in [9.17, 15) is 9.59 Å². The molecule has 0 radical (unpaired) electrons. The van der Waals surface area contributed by atoms with Crippen molar-refractivity contribution in [1.82, 2.24) is 29.3 Å². The Hall–Kier alpha value is -2.42. The molecule has 2 aliphatic heterocycles. The summed E-state index contributed by atoms with van der Waals surface area (Å²) in [6.45, 7) is 5.32. The molecule has 5 rings (SSSR count). The number of halogens is 2. The first kappa shape index (κ1) is 25.2. The van der Waals surface area contributed by atoms with Crippen LogP contribution in [0.1, 0.15) is 47.9 Å². The molecule has 33 heavy (non-hydrogen) atoms. The Morgan fingerprint density at radius 3 is 2.21 bits per heavy atom. The second-order valence-electron chi connectivity index (χ2n) is 8.63. The van der Waals surface area contributed by atoms with Gasteiger partial charge in [-0.1, -0.05) is 12.1 Å². The van der Waals surface area contributed by atoms with Gasteiger partial charge >= 0.3 is 5.69 Å². The lowest BCUT2D eigenvalue weighted by atomic mass is 9.97. The Labute approximate surface area is 205 Å². The summed E-state index contributed by atoms with van der Waals surface area (Å²) in [5, 5.41) is 0. The van der Waals surface area contributed by atoms with Crippen molar-refractivity contribution < 1.29 is 4.79 Å². The number of H-pyrrole nitrogens is 1. The Morgan fingerprint density at radius 2 is 1.55 bits per heavy atom. The average Bonchev–Trinajstić information content (AvgIpc) is 3.15. The quantitative estimate of drug-likeness (QED) is 0.606. The lowest BCUT2D eigenvalue weighted by molar-refractivity contribution is 0.0557. The van der Waals surface area contributed by atoms with Gasteiger partial charge in [0.15, 0.2) is 0 Å². The molecular weight excluding hydrogens is 463 g/mol. The van der Waals surface area contributed by atoms with Gasteiger partial charge in [-0.25, -0.2) is 14.8 Å². The van der Waals surface area contributed by atoms with Crippen LogP contribution < -0.4 is 5.69 Å². The number of amides is 1. The first-order chi connectivity index (χ1) is 15.1. The molecule has 10 heteroatoms. The Kier molecular flexibility index (Phi) is 8.15. The van der Waals surface area contributed by atoms with Gasteiger partial charge in [0.2, 0.25) is 0 Å². The molecule has 1 N–H and O–H groups in total. The molecule has 2 fully saturated rings. The molecule has 0 atom stereocenters. The standard InChI is InChI=1S/C23H28N6O2.2ClH/c1-16-24-14-17(15-25-16)22(30)28-12-6-18(7-13-28)27-10-8-19(9-11-27)29-21-5-3-2-4-20(21)26-23(29)31;;/h2-5,14-15,18-19H,6-13H2,1H3,(H,26,31);2*1H. The fourth-order valence-electron chi connectivity index (χ4n) is 5.07. The number of benzene rings is 1. The molecule has 3 aromatic rings. The summed E-state index contributed by atoms with van der Waals surface area (Å²) in [5.41, 5.74) is 2.46. The molecule has 0 bridgehead atoms. The number of rotatable bonds is 3. The van der Waals surface area contributed by atoms with Crippen molar-refractivity contribution in [2.75, 3.05) is 26.2 Å². The number of aromatic amines is 1. The number of aromatic nitrogens is 4. The van der Waals surface area contributed by atoms with Crippen molar-refractivity contribution in [2.45, 2.75) is 44.7 Å². The minimum atomic E-state index is -0.00782. The third kappa shape index (κ3) is 5.08. The van der Waals surface area contributed by atoms with Crippen molar-refractivity contribution in [3.63, 3.8) is 0 Å². The number of nitrogens with one attached hydrogen (secondary N) is 1. The van der Waals surface area contributed by atoms with Crippen molar-refractivity contribution in [3.05, 3.63) is 58.5 Å². The van der Waals surface area contributed by atoms with E-state index in [1.165, 1.54) is 0 Å². The molecule has 0 spiro atoms. The zero-order valence-electron chi connectivity index (χ0n) is 18.6. The highest BCUT2D eigenvalue weighted by atomic mass is 35.5. The summed E-state index contributed by atoms with van der Waals surface area (Å²) in [4.78, 5) is 40.9. The number of hydrogen-bond acceptors (Lipinski definition) is 5. The lowest BCUT2D eigenvalue weighted by Crippen LogP contribution is -2.49. The van der Waals surface area contributed by atoms with E-state index in [1.54, 1.807) is 12.4 Å². The maximum absolute atomic E-state index is 12.7. The monoisotopic (exact) mass is 492 g/mol. The number of fused-ring (bicyclic) bond motifs is 1. The van der Waals surface area contributed by atoms with Gasteiger partial charge in [-0.15, -0.1) is 24.8 Å². The highest BCUT2D eigenvalue weighted by Crippen LogP contribution is 2.28. The van der Waals surface area contributed by atoms with E-state index < -0.39 is 0 Å². The highest BCUT2D eigenvalue weighted by molar-refractivity contribution is 5.93. The van der Waals surface area contributed by atoms with Crippen LogP contribution in [0.3, 0.4) is 0 Å². The van der Waals surface area contributed by atoms with Gasteiger partial charge in [0.1, 0.15) is 5.82 Å². The molecule has 178 valence electrons. The van der Waals surface area contributed by atoms with Crippen molar-refractivity contribution >= 4 is 41.8 Å². The molecule has 0 unspecified atom stereocenters. The minimum absolute atomic E-state index is 0. The third-order valence-corrected chi connectivity index (χ3v) is 6.78. The molecule has 1 amide bonds. The number of hydrogen-bond donors (Lipinski definition) is 1. The highest BCUT2D eigenvalue weighted by Gasteiger charge is 2.31. The molecule has 8 nitrogen and oxygen atoms in total. The molecule has 0 saturated carbocycles. The number of likely N-dealkylation sites (tertiary alicyclic amines) is 2. The summed E-state index contributed by atoms with van der Waals surface area (Å²) in [6, 6.07) is 8.65. The summed E-state index contributed by atoms with van der Waals surface area (Å²) in [7, 11) is 0. The predicted molar refractivity (Wildman–Crippen MR) is 133 cm³/mol. The van der Waals surface area contributed by atoms with Crippen LogP contribution >= 0.6 is 24.8 Å². The SMILES string of the molecule is Cc1ncc(C(=O)N2CCC(N3CCC(n4c(=O)[nH]c5ccccc54)CC3)CC2)cn1.Cl.Cl. The first-order valence-corrected chi connectivity index (χ1v) is 11.1. The van der Waals surface area contributed by atoms with E-state index in [0.717, 1.165) is 62.9 Å². The molecule has 2 aromatic heterocycles. The number of nitrogens with zero attached hydrogens (tertiary/aromatic N) is 5. The van der Waals surface area contributed by atoms with Gasteiger partial charge in [-0.3, -0.25) is 9.36 Å². The van der Waals surface area contributed by atoms with Gasteiger partial charge in [-0.2, -0.15) is 0 Å². The van der Waals surface area contributed by atoms with Crippen LogP contribution in [0.5, 0.6) is 0 Å². The maximum atomic E-state index is 12.7. The summed E-state index contributed by atoms with van der Waals surface area (Å²) >= 11 is 0. The van der Waals surface area contributed by atoms with Crippen molar-refractivity contribution in [1.29, 1.82) is 0 Å². The second kappa shape index (κ2) is 10.7. The summed E-state index contributed by atoms with van der Waals surface area (Å²) in [5.74, 6) is 0.699. The molecule has 2 aliphatic rings. The van der Waals surface area contributed by atoms with Crippen molar-refractivity contribution in [2.24, 2.45) is 0 Å². The zero-order valence-corrected chi connectivity index (χ0v) is 20.3. The number of para-hydroxylation sites is 2. The van der Waals surface area contributed by atoms with Crippen LogP contribution in [0.2, 0.25) is 0 Å². The molecule has 1 aromatic carbocycles. The van der Waals surface area contributed by atoms with E-state index in [2.05, 4.69) is 19.9 Å². The van der Waals surface area contributed by atoms with Crippen LogP contribution in [0.15, 0.2) is 41.5 Å². The fraction of sp³-hybridized carbons (Fsp3) is 0.478. The Morgan fingerprint density at radius 1 is 0.939 bits per heavy atom.